The number of nitrogens with zero attached hydrogens (tertiary/aromatic N) is 3. The minimum Gasteiger partial charge on any atom is -0.366 e. The van der Waals surface area contributed by atoms with Crippen molar-refractivity contribution in [2.24, 2.45) is 5.73 Å². The Bertz CT molecular complexity index is 559. The van der Waals surface area contributed by atoms with Crippen molar-refractivity contribution in [3.63, 3.8) is 0 Å². The number of carbonyl (C=O) groups excluding carboxylic acids is 1. The van der Waals surface area contributed by atoms with Crippen LogP contribution in [0.15, 0.2) is 49.1 Å². The molecule has 1 atom stereocenters. The highest BCUT2D eigenvalue weighted by Crippen LogP contribution is 2.29. The Hall–Kier alpha value is -2.27. The number of primary amides is 1. The lowest BCUT2D eigenvalue weighted by Gasteiger charge is -2.18. The first-order valence-corrected chi connectivity index (χ1v) is 6.98. The first kappa shape index (κ1) is 15.1. The molecule has 0 radical (unpaired) electrons. The maximum atomic E-state index is 10.4. The van der Waals surface area contributed by atoms with E-state index in [1.165, 1.54) is 31.1 Å². The molecule has 3 heterocycles. The van der Waals surface area contributed by atoms with Crippen LogP contribution in [0.5, 0.6) is 0 Å². The summed E-state index contributed by atoms with van der Waals surface area (Å²) in [6, 6.07) is 8.08. The van der Waals surface area contributed by atoms with Crippen LogP contribution in [0.2, 0.25) is 0 Å². The van der Waals surface area contributed by atoms with E-state index in [2.05, 4.69) is 28.0 Å². The van der Waals surface area contributed by atoms with Gasteiger partial charge in [0.15, 0.2) is 0 Å². The van der Waals surface area contributed by atoms with Gasteiger partial charge in [0.2, 0.25) is 5.91 Å². The summed E-state index contributed by atoms with van der Waals surface area (Å²) in [5, 5.41) is 0. The van der Waals surface area contributed by atoms with Crippen molar-refractivity contribution < 1.29 is 4.79 Å². The third-order valence-electron chi connectivity index (χ3n) is 3.54. The largest absolute Gasteiger partial charge is 0.366 e. The van der Waals surface area contributed by atoms with Crippen LogP contribution in [0.4, 0.5) is 0 Å². The van der Waals surface area contributed by atoms with Gasteiger partial charge < -0.3 is 5.73 Å². The fourth-order valence-electron chi connectivity index (χ4n) is 2.41. The number of hydrogen-bond donors (Lipinski definition) is 1. The summed E-state index contributed by atoms with van der Waals surface area (Å²) in [7, 11) is 2.19. The minimum absolute atomic E-state index is 0.442. The highest BCUT2D eigenvalue weighted by molar-refractivity contribution is 5.92. The summed E-state index contributed by atoms with van der Waals surface area (Å²) in [6.45, 7) is 1.22. The SMILES string of the molecule is CN1CCC[C@H]1c1cccnc1.NC(=O)c1cccnc1. The molecule has 0 aliphatic carbocycles. The first-order chi connectivity index (χ1) is 10.2. The zero-order chi connectivity index (χ0) is 15.1. The molecule has 0 aromatic carbocycles. The molecule has 1 amide bonds. The molecule has 0 spiro atoms. The van der Waals surface area contributed by atoms with Crippen LogP contribution >= 0.6 is 0 Å². The Morgan fingerprint density at radius 3 is 2.38 bits per heavy atom. The van der Waals surface area contributed by atoms with Gasteiger partial charge in [-0.05, 0) is 50.2 Å². The number of carbonyl (C=O) groups is 1. The number of hydrogen-bond acceptors (Lipinski definition) is 4. The standard InChI is InChI=1S/C10H14N2.C6H6N2O/c1-12-7-3-5-10(12)9-4-2-6-11-8-9;7-6(9)5-2-1-3-8-4-5/h2,4,6,8,10H,3,5,7H2,1H3;1-4H,(H2,7,9)/t10-;/m0./s1. The quantitative estimate of drug-likeness (QED) is 0.916. The average Bonchev–Trinajstić information content (AvgIpc) is 2.96. The van der Waals surface area contributed by atoms with Crippen LogP contribution in [0, 0.1) is 0 Å². The molecular weight excluding hydrogens is 264 g/mol. The zero-order valence-corrected chi connectivity index (χ0v) is 12.1. The van der Waals surface area contributed by atoms with Crippen LogP contribution in [0.25, 0.3) is 0 Å². The zero-order valence-electron chi connectivity index (χ0n) is 12.1. The summed E-state index contributed by atoms with van der Waals surface area (Å²) in [4.78, 5) is 20.6. The maximum Gasteiger partial charge on any atom is 0.250 e. The fourth-order valence-corrected chi connectivity index (χ4v) is 2.41. The molecule has 1 fully saturated rings. The second kappa shape index (κ2) is 7.50. The van der Waals surface area contributed by atoms with Crippen LogP contribution in [0.3, 0.4) is 0 Å². The van der Waals surface area contributed by atoms with E-state index in [1.807, 2.05) is 18.5 Å². The van der Waals surface area contributed by atoms with Crippen molar-refractivity contribution in [1.29, 1.82) is 0 Å². The Morgan fingerprint density at radius 1 is 1.24 bits per heavy atom. The van der Waals surface area contributed by atoms with Gasteiger partial charge >= 0.3 is 0 Å². The van der Waals surface area contributed by atoms with Crippen molar-refractivity contribution in [2.45, 2.75) is 18.9 Å². The van der Waals surface area contributed by atoms with Gasteiger partial charge in [0.25, 0.3) is 0 Å². The van der Waals surface area contributed by atoms with Gasteiger partial charge in [0.1, 0.15) is 0 Å². The molecule has 5 heteroatoms. The van der Waals surface area contributed by atoms with E-state index in [4.69, 9.17) is 5.73 Å². The van der Waals surface area contributed by atoms with E-state index >= 15 is 0 Å². The van der Waals surface area contributed by atoms with Crippen LogP contribution in [-0.2, 0) is 0 Å². The van der Waals surface area contributed by atoms with E-state index in [0.29, 0.717) is 11.6 Å². The van der Waals surface area contributed by atoms with E-state index < -0.39 is 5.91 Å². The molecule has 2 aromatic heterocycles. The van der Waals surface area contributed by atoms with Gasteiger partial charge in [0, 0.05) is 30.8 Å². The van der Waals surface area contributed by atoms with E-state index in [0.717, 1.165) is 0 Å². The van der Waals surface area contributed by atoms with Crippen molar-refractivity contribution in [3.05, 3.63) is 60.2 Å². The summed E-state index contributed by atoms with van der Waals surface area (Å²) < 4.78 is 0. The molecule has 0 bridgehead atoms. The molecule has 1 aliphatic rings. The Labute approximate surface area is 124 Å². The van der Waals surface area contributed by atoms with Gasteiger partial charge in [-0.15, -0.1) is 0 Å². The first-order valence-electron chi connectivity index (χ1n) is 6.98. The Morgan fingerprint density at radius 2 is 1.95 bits per heavy atom. The van der Waals surface area contributed by atoms with Crippen molar-refractivity contribution in [3.8, 4) is 0 Å². The summed E-state index contributed by atoms with van der Waals surface area (Å²) in [5.41, 5.74) is 6.74. The third-order valence-corrected chi connectivity index (χ3v) is 3.54. The molecule has 110 valence electrons. The topological polar surface area (TPSA) is 72.1 Å². The molecule has 3 rings (SSSR count). The predicted octanol–water partition coefficient (Wildman–Crippen LogP) is 2.03. The molecular formula is C16H20N4O. The number of rotatable bonds is 2. The highest BCUT2D eigenvalue weighted by atomic mass is 16.1. The molecule has 1 saturated heterocycles. The summed E-state index contributed by atoms with van der Waals surface area (Å²) in [6.07, 6.45) is 9.43. The lowest BCUT2D eigenvalue weighted by molar-refractivity contribution is 0.1000. The number of pyridine rings is 2. The van der Waals surface area contributed by atoms with E-state index in [1.54, 1.807) is 18.3 Å². The minimum atomic E-state index is -0.442. The smallest absolute Gasteiger partial charge is 0.250 e. The number of amides is 1. The van der Waals surface area contributed by atoms with Crippen molar-refractivity contribution >= 4 is 5.91 Å². The lowest BCUT2D eigenvalue weighted by atomic mass is 10.1. The Balaban J connectivity index is 0.000000161. The van der Waals surface area contributed by atoms with Gasteiger partial charge in [-0.3, -0.25) is 19.7 Å². The maximum absolute atomic E-state index is 10.4. The van der Waals surface area contributed by atoms with Gasteiger partial charge in [-0.1, -0.05) is 6.07 Å². The molecule has 21 heavy (non-hydrogen) atoms. The highest BCUT2D eigenvalue weighted by Gasteiger charge is 2.21. The molecule has 0 unspecified atom stereocenters. The van der Waals surface area contributed by atoms with Crippen LogP contribution in [0.1, 0.15) is 34.8 Å². The molecule has 2 N–H and O–H groups in total. The van der Waals surface area contributed by atoms with Gasteiger partial charge in [-0.2, -0.15) is 0 Å². The van der Waals surface area contributed by atoms with Gasteiger partial charge in [0.05, 0.1) is 5.56 Å². The Kier molecular flexibility index (Phi) is 5.40. The molecule has 0 saturated carbocycles. The third kappa shape index (κ3) is 4.36. The monoisotopic (exact) mass is 284 g/mol. The normalized spacial score (nSPS) is 17.9. The molecule has 1 aliphatic heterocycles. The second-order valence-corrected chi connectivity index (χ2v) is 5.03. The average molecular weight is 284 g/mol. The van der Waals surface area contributed by atoms with Gasteiger partial charge in [-0.25, -0.2) is 0 Å². The number of nitrogens with two attached hydrogens (primary N) is 1. The molecule has 2 aromatic rings. The van der Waals surface area contributed by atoms with Crippen molar-refractivity contribution in [1.82, 2.24) is 14.9 Å². The van der Waals surface area contributed by atoms with E-state index in [9.17, 15) is 4.79 Å². The predicted molar refractivity (Wildman–Crippen MR) is 81.6 cm³/mol. The summed E-state index contributed by atoms with van der Waals surface area (Å²) in [5.74, 6) is -0.442. The van der Waals surface area contributed by atoms with Crippen LogP contribution < -0.4 is 5.73 Å². The van der Waals surface area contributed by atoms with Crippen molar-refractivity contribution in [2.75, 3.05) is 13.6 Å². The number of aromatic nitrogens is 2. The summed E-state index contributed by atoms with van der Waals surface area (Å²) >= 11 is 0. The lowest BCUT2D eigenvalue weighted by Crippen LogP contribution is -2.17. The molecule has 5 nitrogen and oxygen atoms in total. The second-order valence-electron chi connectivity index (χ2n) is 5.03. The fraction of sp³-hybridized carbons (Fsp3) is 0.312. The van der Waals surface area contributed by atoms with Crippen LogP contribution in [-0.4, -0.2) is 34.4 Å². The van der Waals surface area contributed by atoms with E-state index in [-0.39, 0.29) is 0 Å². The number of likely N-dealkylation sites (tertiary alicyclic amines) is 1.